The first kappa shape index (κ1) is 48.0. The Balaban J connectivity index is 0.00000336. The fourth-order valence-corrected chi connectivity index (χ4v) is 7.44. The van der Waals surface area contributed by atoms with Crippen LogP contribution in [0.1, 0.15) is 36.1 Å². The van der Waals surface area contributed by atoms with Crippen LogP contribution in [0.25, 0.3) is 5.57 Å². The van der Waals surface area contributed by atoms with Gasteiger partial charge in [0.05, 0.1) is 4.90 Å². The van der Waals surface area contributed by atoms with E-state index in [9.17, 15) is 38.9 Å². The fraction of sp³-hybridized carbons (Fsp3) is 0.162. The number of anilines is 1. The zero-order valence-electron chi connectivity index (χ0n) is 30.2. The van der Waals surface area contributed by atoms with Gasteiger partial charge in [-0.1, -0.05) is 53.1 Å². The van der Waals surface area contributed by atoms with Crippen molar-refractivity contribution >= 4 is 64.7 Å². The molecule has 269 valence electrons. The van der Waals surface area contributed by atoms with Crippen LogP contribution in [0.4, 0.5) is 5.69 Å². The van der Waals surface area contributed by atoms with E-state index in [0.29, 0.717) is 53.0 Å². The van der Waals surface area contributed by atoms with Crippen molar-refractivity contribution < 1.29 is 103 Å². The van der Waals surface area contributed by atoms with Crippen molar-refractivity contribution in [3.63, 3.8) is 0 Å². The van der Waals surface area contributed by atoms with Crippen molar-refractivity contribution in [2.24, 2.45) is 0 Å². The van der Waals surface area contributed by atoms with Gasteiger partial charge in [-0.25, -0.2) is 4.58 Å². The molecule has 0 amide bonds. The molecule has 0 fully saturated rings. The van der Waals surface area contributed by atoms with Crippen molar-refractivity contribution in [1.29, 1.82) is 0 Å². The van der Waals surface area contributed by atoms with Crippen LogP contribution in [0.2, 0.25) is 0 Å². The monoisotopic (exact) mass is 820 g/mol. The molecule has 54 heavy (non-hydrogen) atoms. The first-order chi connectivity index (χ1) is 24.1. The molecule has 0 aromatic heterocycles. The molecule has 0 heterocycles. The molecule has 3 N–H and O–H groups in total. The summed E-state index contributed by atoms with van der Waals surface area (Å²) in [5, 5.41) is 0. The second-order valence-corrected chi connectivity index (χ2v) is 15.7. The summed E-state index contributed by atoms with van der Waals surface area (Å²) in [6.07, 6.45) is 7.50. The smallest absolute Gasteiger partial charge is 0.379 e. The third kappa shape index (κ3) is 12.2. The summed E-state index contributed by atoms with van der Waals surface area (Å²) in [6, 6.07) is 28.0. The van der Waals surface area contributed by atoms with E-state index in [1.54, 1.807) is 30.3 Å². The molecule has 4 aromatic carbocycles. The average Bonchev–Trinajstić information content (AvgIpc) is 3.10. The summed E-state index contributed by atoms with van der Waals surface area (Å²) in [7, 11) is -13.4. The Bertz CT molecular complexity index is 2420. The van der Waals surface area contributed by atoms with Crippen LogP contribution in [-0.4, -0.2) is 79.6 Å². The van der Waals surface area contributed by atoms with Gasteiger partial charge in [0.2, 0.25) is 0 Å². The van der Waals surface area contributed by atoms with Crippen LogP contribution in [0.15, 0.2) is 129 Å². The first-order valence-corrected chi connectivity index (χ1v) is 20.0. The van der Waals surface area contributed by atoms with E-state index >= 15 is 0 Å². The quantitative estimate of drug-likeness (QED) is 0.0719. The molecule has 11 nitrogen and oxygen atoms in total. The first-order valence-electron chi connectivity index (χ1n) is 15.7. The average molecular weight is 821 g/mol. The zero-order valence-corrected chi connectivity index (χ0v) is 37.8. The SMILES string of the molecule is CCN(Cc1ccc[c-]c1S(=O)(=O)O)c1ccc(C(=C2C=CC(=[N+](CC)Cc3cccc(S(=O)(=O)O)c3)C=C2)c2[c-]c(S(=O)(=O)O)ccc2)cc1.[Al].[Na+].[Na+]. The minimum Gasteiger partial charge on any atom is -0.379 e. The van der Waals surface area contributed by atoms with Gasteiger partial charge in [-0.2, -0.15) is 49.5 Å². The molecule has 0 saturated carbocycles. The Morgan fingerprint density at radius 3 is 1.98 bits per heavy atom. The predicted molar refractivity (Wildman–Crippen MR) is 199 cm³/mol. The van der Waals surface area contributed by atoms with Crippen molar-refractivity contribution in [1.82, 2.24) is 0 Å². The van der Waals surface area contributed by atoms with Gasteiger partial charge in [-0.05, 0) is 49.6 Å². The van der Waals surface area contributed by atoms with E-state index in [4.69, 9.17) is 0 Å². The number of rotatable bonds is 12. The molecule has 0 saturated heterocycles. The number of nitrogens with zero attached hydrogens (tertiary/aromatic N) is 2. The molecule has 0 bridgehead atoms. The van der Waals surface area contributed by atoms with Gasteiger partial charge >= 0.3 is 59.1 Å². The summed E-state index contributed by atoms with van der Waals surface area (Å²) in [5.41, 5.74) is 5.08. The van der Waals surface area contributed by atoms with Crippen LogP contribution < -0.4 is 64.0 Å². The molecular weight excluding hydrogens is 786 g/mol. The van der Waals surface area contributed by atoms with Crippen LogP contribution >= 0.6 is 0 Å². The Hall–Kier alpha value is -2.17. The maximum Gasteiger partial charge on any atom is 1.00 e. The molecule has 3 radical (unpaired) electrons. The van der Waals surface area contributed by atoms with Crippen LogP contribution in [-0.2, 0) is 43.4 Å². The fourth-order valence-electron chi connectivity index (χ4n) is 5.72. The predicted octanol–water partition coefficient (Wildman–Crippen LogP) is -0.718. The molecule has 5 rings (SSSR count). The van der Waals surface area contributed by atoms with Gasteiger partial charge in [0, 0.05) is 52.2 Å². The van der Waals surface area contributed by atoms with E-state index < -0.39 is 30.4 Å². The van der Waals surface area contributed by atoms with Gasteiger partial charge in [-0.15, -0.1) is 35.4 Å². The minimum atomic E-state index is -4.55. The van der Waals surface area contributed by atoms with Crippen LogP contribution in [0.5, 0.6) is 0 Å². The Morgan fingerprint density at radius 2 is 1.41 bits per heavy atom. The normalized spacial score (nSPS) is 12.6. The summed E-state index contributed by atoms with van der Waals surface area (Å²) < 4.78 is 102. The molecule has 0 aliphatic heterocycles. The van der Waals surface area contributed by atoms with Gasteiger partial charge in [0.15, 0.2) is 12.3 Å². The van der Waals surface area contributed by atoms with E-state index in [2.05, 4.69) is 12.1 Å². The topological polar surface area (TPSA) is 169 Å². The number of benzene rings is 4. The van der Waals surface area contributed by atoms with Gasteiger partial charge in [0.1, 0.15) is 6.54 Å². The third-order valence-electron chi connectivity index (χ3n) is 8.21. The van der Waals surface area contributed by atoms with Crippen LogP contribution in [0, 0.1) is 12.1 Å². The summed E-state index contributed by atoms with van der Waals surface area (Å²) in [4.78, 5) is 1.05. The molecule has 17 heteroatoms. The van der Waals surface area contributed by atoms with E-state index in [1.165, 1.54) is 30.3 Å². The van der Waals surface area contributed by atoms with Crippen molar-refractivity contribution in [3.8, 4) is 0 Å². The molecule has 0 unspecified atom stereocenters. The standard InChI is InChI=1S/C37H35N2O9S3.Al.2Na/c1-3-38(25-27-9-7-12-34(23-27)49(40,41)42)32-19-15-28(16-20-32)37(30-11-8-13-35(24-30)50(43,44)45)29-17-21-33(22-18-29)39(4-2)26-31-10-5-6-14-36(31)51(46,47)48;;;/h5-13,15-23H,3-4,25-26H2,1-2H3,(H,40,41,42)(H,43,44,45)(H,46,47,48);;;/q-1;;2*+1. The molecular formula is C37H35AlN2Na2O9S3+. The summed E-state index contributed by atoms with van der Waals surface area (Å²) in [5.74, 6) is 0. The Labute approximate surface area is 372 Å². The van der Waals surface area contributed by atoms with Gasteiger partial charge < -0.3 is 4.90 Å². The van der Waals surface area contributed by atoms with E-state index in [0.717, 1.165) is 11.4 Å². The maximum absolute atomic E-state index is 12.0. The van der Waals surface area contributed by atoms with E-state index in [-0.39, 0.29) is 97.7 Å². The second-order valence-electron chi connectivity index (χ2n) is 11.5. The molecule has 1 aliphatic rings. The Kier molecular flexibility index (Phi) is 18.0. The largest absolute Gasteiger partial charge is 1.00 e. The third-order valence-corrected chi connectivity index (χ3v) is 10.7. The summed E-state index contributed by atoms with van der Waals surface area (Å²) >= 11 is 0. The maximum atomic E-state index is 12.0. The molecule has 0 atom stereocenters. The zero-order chi connectivity index (χ0) is 37.0. The minimum absolute atomic E-state index is 0. The summed E-state index contributed by atoms with van der Waals surface area (Å²) in [6.45, 7) is 5.50. The Morgan fingerprint density at radius 1 is 0.759 bits per heavy atom. The van der Waals surface area contributed by atoms with Crippen molar-refractivity contribution in [2.45, 2.75) is 41.6 Å². The van der Waals surface area contributed by atoms with Gasteiger partial charge in [0.25, 0.3) is 30.4 Å². The number of hydrogen-bond acceptors (Lipinski definition) is 7. The van der Waals surface area contributed by atoms with Crippen molar-refractivity contribution in [2.75, 3.05) is 18.0 Å². The molecule has 1 aliphatic carbocycles. The van der Waals surface area contributed by atoms with Gasteiger partial charge in [-0.3, -0.25) is 13.7 Å². The number of allylic oxidation sites excluding steroid dienone is 5. The van der Waals surface area contributed by atoms with Crippen LogP contribution in [0.3, 0.4) is 0 Å². The molecule has 0 spiro atoms. The van der Waals surface area contributed by atoms with E-state index in [1.807, 2.05) is 71.9 Å². The molecule has 4 aromatic rings. The number of hydrogen-bond donors (Lipinski definition) is 3. The van der Waals surface area contributed by atoms with Crippen molar-refractivity contribution in [3.05, 3.63) is 149 Å². The second kappa shape index (κ2) is 20.3.